The summed E-state index contributed by atoms with van der Waals surface area (Å²) < 4.78 is 19.7. The summed E-state index contributed by atoms with van der Waals surface area (Å²) in [7, 11) is 0. The van der Waals surface area contributed by atoms with Crippen molar-refractivity contribution in [3.05, 3.63) is 64.5 Å². The molecule has 1 saturated heterocycles. The maximum absolute atomic E-state index is 13.9. The Kier molecular flexibility index (Phi) is 6.24. The van der Waals surface area contributed by atoms with Gasteiger partial charge in [0, 0.05) is 24.2 Å². The minimum atomic E-state index is -1.53. The molecule has 4 amide bonds. The lowest BCUT2D eigenvalue weighted by Gasteiger charge is -2.41. The quantitative estimate of drug-likeness (QED) is 0.507. The lowest BCUT2D eigenvalue weighted by atomic mass is 9.94. The zero-order valence-electron chi connectivity index (χ0n) is 23.2. The van der Waals surface area contributed by atoms with Crippen LogP contribution in [0.4, 0.5) is 14.9 Å². The van der Waals surface area contributed by atoms with Crippen LogP contribution in [0.3, 0.4) is 0 Å². The molecule has 0 unspecified atom stereocenters. The first-order chi connectivity index (χ1) is 19.3. The van der Waals surface area contributed by atoms with Gasteiger partial charge >= 0.3 is 6.09 Å². The van der Waals surface area contributed by atoms with Gasteiger partial charge in [-0.3, -0.25) is 14.4 Å². The first-order valence-corrected chi connectivity index (χ1v) is 14.0. The van der Waals surface area contributed by atoms with E-state index in [1.165, 1.54) is 12.1 Å². The number of nitrogens with two attached hydrogens (primary N) is 2. The van der Waals surface area contributed by atoms with Crippen LogP contribution in [0.2, 0.25) is 0 Å². The van der Waals surface area contributed by atoms with Crippen LogP contribution in [0.5, 0.6) is 0 Å². The zero-order chi connectivity index (χ0) is 29.3. The van der Waals surface area contributed by atoms with Crippen molar-refractivity contribution in [2.45, 2.75) is 75.7 Å². The predicted octanol–water partition coefficient (Wildman–Crippen LogP) is 2.66. The van der Waals surface area contributed by atoms with E-state index in [0.717, 1.165) is 34.4 Å². The molecule has 2 aliphatic carbocycles. The number of halogens is 1. The highest BCUT2D eigenvalue weighted by Gasteiger charge is 2.59. The van der Waals surface area contributed by atoms with E-state index in [0.29, 0.717) is 30.5 Å². The Bertz CT molecular complexity index is 1480. The lowest BCUT2D eigenvalue weighted by molar-refractivity contribution is -0.146. The second-order valence-electron chi connectivity index (χ2n) is 12.3. The number of ether oxygens (including phenoxy) is 1. The van der Waals surface area contributed by atoms with Gasteiger partial charge in [-0.2, -0.15) is 0 Å². The van der Waals surface area contributed by atoms with Gasteiger partial charge in [0.25, 0.3) is 5.91 Å². The normalized spacial score (nSPS) is 25.6. The van der Waals surface area contributed by atoms with Crippen LogP contribution in [-0.2, 0) is 44.1 Å². The number of carbonyl (C=O) groups is 4. The van der Waals surface area contributed by atoms with E-state index in [1.807, 2.05) is 0 Å². The Morgan fingerprint density at radius 1 is 1.07 bits per heavy atom. The Labute approximate surface area is 237 Å². The zero-order valence-corrected chi connectivity index (χ0v) is 23.2. The highest BCUT2D eigenvalue weighted by molar-refractivity contribution is 6.06. The van der Waals surface area contributed by atoms with Crippen molar-refractivity contribution in [1.82, 2.24) is 9.80 Å². The van der Waals surface area contributed by atoms with Gasteiger partial charge in [0.2, 0.25) is 17.4 Å². The summed E-state index contributed by atoms with van der Waals surface area (Å²) in [5, 5.41) is 2.77. The van der Waals surface area contributed by atoms with Crippen LogP contribution in [0, 0.1) is 11.7 Å². The summed E-state index contributed by atoms with van der Waals surface area (Å²) >= 11 is 0. The van der Waals surface area contributed by atoms with E-state index in [2.05, 4.69) is 5.32 Å². The summed E-state index contributed by atoms with van der Waals surface area (Å²) in [6, 6.07) is 9.56. The Balaban J connectivity index is 1.24. The molecule has 1 spiro atoms. The molecule has 11 heteroatoms. The van der Waals surface area contributed by atoms with Crippen LogP contribution in [-0.4, -0.2) is 51.4 Å². The van der Waals surface area contributed by atoms with Crippen LogP contribution >= 0.6 is 0 Å². The van der Waals surface area contributed by atoms with Gasteiger partial charge in [-0.05, 0) is 92.8 Å². The third-order valence-corrected chi connectivity index (χ3v) is 8.88. The number of nitrogens with zero attached hydrogens (tertiary/aromatic N) is 2. The number of imide groups is 1. The second-order valence-corrected chi connectivity index (χ2v) is 12.3. The van der Waals surface area contributed by atoms with E-state index >= 15 is 0 Å². The first-order valence-electron chi connectivity index (χ1n) is 14.0. The average molecular weight is 564 g/mol. The first kappa shape index (κ1) is 27.3. The fourth-order valence-corrected chi connectivity index (χ4v) is 6.34. The number of benzene rings is 2. The fourth-order valence-electron chi connectivity index (χ4n) is 6.34. The maximum atomic E-state index is 13.9. The number of hydrogen-bond acceptors (Lipinski definition) is 7. The molecular weight excluding hydrogens is 529 g/mol. The molecule has 2 aromatic rings. The summed E-state index contributed by atoms with van der Waals surface area (Å²) in [5.74, 6) is -1.66. The van der Waals surface area contributed by atoms with Crippen LogP contribution in [0.15, 0.2) is 36.4 Å². The Morgan fingerprint density at radius 3 is 2.51 bits per heavy atom. The van der Waals surface area contributed by atoms with Gasteiger partial charge in [-0.25, -0.2) is 14.1 Å². The number of rotatable bonds is 5. The molecule has 2 fully saturated rings. The minimum Gasteiger partial charge on any atom is -0.427 e. The molecule has 1 saturated carbocycles. The Morgan fingerprint density at radius 2 is 1.80 bits per heavy atom. The molecular formula is C30H34FN5O5. The summed E-state index contributed by atoms with van der Waals surface area (Å²) in [6.45, 7) is 2.86. The fraction of sp³-hybridized carbons (Fsp3) is 0.467. The second kappa shape index (κ2) is 9.35. The van der Waals surface area contributed by atoms with Crippen molar-refractivity contribution in [2.75, 3.05) is 11.9 Å². The molecule has 41 heavy (non-hydrogen) atoms. The highest BCUT2D eigenvalue weighted by Crippen LogP contribution is 2.47. The predicted molar refractivity (Wildman–Crippen MR) is 146 cm³/mol. The van der Waals surface area contributed by atoms with Crippen molar-refractivity contribution in [3.8, 4) is 0 Å². The molecule has 5 N–H and O–H groups in total. The van der Waals surface area contributed by atoms with Gasteiger partial charge in [-0.1, -0.05) is 12.1 Å². The molecule has 0 bridgehead atoms. The minimum absolute atomic E-state index is 0.0967. The number of anilines is 1. The molecule has 6 rings (SSSR count). The number of amides is 4. The summed E-state index contributed by atoms with van der Waals surface area (Å²) in [6.07, 6.45) is 2.52. The van der Waals surface area contributed by atoms with Crippen molar-refractivity contribution in [2.24, 2.45) is 17.4 Å². The standard InChI is InChI=1S/C30H34FN5O5/c1-28(2,32)25(38)34-22-7-8-23-18(14-22)9-11-29(23)26(39)35(27(40)41-29)16-24(37)36-15-19-3-6-21(31)13-17(19)10-12-30(36,33)20-4-5-20/h3,6-8,13-14,20H,4-5,9-12,15-16,32-33H2,1-2H3,(H,34,38)/t29-,30-/m0/s1. The highest BCUT2D eigenvalue weighted by atomic mass is 19.1. The van der Waals surface area contributed by atoms with Crippen LogP contribution in [0.1, 0.15) is 61.8 Å². The number of nitrogens with one attached hydrogen (secondary N) is 1. The van der Waals surface area contributed by atoms with Crippen molar-refractivity contribution in [1.29, 1.82) is 0 Å². The number of aryl methyl sites for hydroxylation is 2. The van der Waals surface area contributed by atoms with E-state index in [9.17, 15) is 23.6 Å². The average Bonchev–Trinajstić information content (AvgIpc) is 3.69. The summed E-state index contributed by atoms with van der Waals surface area (Å²) in [4.78, 5) is 55.4. The van der Waals surface area contributed by atoms with E-state index < -0.39 is 41.3 Å². The van der Waals surface area contributed by atoms with Crippen molar-refractivity contribution in [3.63, 3.8) is 0 Å². The number of carbonyl (C=O) groups excluding carboxylic acids is 4. The third-order valence-electron chi connectivity index (χ3n) is 8.88. The maximum Gasteiger partial charge on any atom is 0.418 e. The number of hydrogen-bond donors (Lipinski definition) is 3. The topological polar surface area (TPSA) is 148 Å². The van der Waals surface area contributed by atoms with Gasteiger partial charge in [0.05, 0.1) is 11.2 Å². The van der Waals surface area contributed by atoms with Gasteiger partial charge in [-0.15, -0.1) is 0 Å². The molecule has 2 heterocycles. The van der Waals surface area contributed by atoms with Crippen molar-refractivity contribution >= 4 is 29.5 Å². The van der Waals surface area contributed by atoms with Crippen LogP contribution < -0.4 is 16.8 Å². The van der Waals surface area contributed by atoms with Gasteiger partial charge in [0.15, 0.2) is 0 Å². The van der Waals surface area contributed by atoms with E-state index in [1.54, 1.807) is 43.0 Å². The van der Waals surface area contributed by atoms with Gasteiger partial charge < -0.3 is 26.4 Å². The molecule has 0 radical (unpaired) electrons. The largest absolute Gasteiger partial charge is 0.427 e. The van der Waals surface area contributed by atoms with Crippen LogP contribution in [0.25, 0.3) is 0 Å². The van der Waals surface area contributed by atoms with E-state index in [-0.39, 0.29) is 30.6 Å². The molecule has 10 nitrogen and oxygen atoms in total. The van der Waals surface area contributed by atoms with Crippen molar-refractivity contribution < 1.29 is 28.3 Å². The SMILES string of the molecule is CC(C)(N)C(=O)Nc1ccc2c(c1)CC[C@]21OC(=O)N(CC(=O)N2Cc3ccc(F)cc3CC[C@@]2(N)C2CC2)C1=O. The Hall–Kier alpha value is -3.83. The lowest BCUT2D eigenvalue weighted by Crippen LogP contribution is -2.61. The smallest absolute Gasteiger partial charge is 0.418 e. The molecule has 0 aromatic heterocycles. The van der Waals surface area contributed by atoms with Gasteiger partial charge in [0.1, 0.15) is 12.4 Å². The molecule has 4 aliphatic rings. The summed E-state index contributed by atoms with van der Waals surface area (Å²) in [5.41, 5.74) is 12.6. The molecule has 216 valence electrons. The molecule has 2 atom stereocenters. The monoisotopic (exact) mass is 563 g/mol. The molecule has 2 aromatic carbocycles. The number of fused-ring (bicyclic) bond motifs is 3. The molecule has 2 aliphatic heterocycles. The third kappa shape index (κ3) is 4.57. The van der Waals surface area contributed by atoms with E-state index in [4.69, 9.17) is 16.2 Å².